The predicted octanol–water partition coefficient (Wildman–Crippen LogP) is 3.64. The Morgan fingerprint density at radius 1 is 0.923 bits per heavy atom. The van der Waals surface area contributed by atoms with Gasteiger partial charge in [0.05, 0.1) is 25.4 Å². The van der Waals surface area contributed by atoms with Gasteiger partial charge in [-0.1, -0.05) is 34.6 Å². The van der Waals surface area contributed by atoms with Gasteiger partial charge in [-0.25, -0.2) is 0 Å². The Bertz CT molecular complexity index is 370. The van der Waals surface area contributed by atoms with Crippen molar-refractivity contribution in [3.8, 4) is 0 Å². The fraction of sp³-hybridized carbons (Fsp3) is 0.900. The fourth-order valence-electron chi connectivity index (χ4n) is 2.07. The second-order valence-corrected chi connectivity index (χ2v) is 6.70. The molecule has 0 bridgehead atoms. The third kappa shape index (κ3) is 15.1. The van der Waals surface area contributed by atoms with Crippen molar-refractivity contribution < 1.29 is 21.9 Å². The number of carbonyl (C=O) groups is 2. The molecule has 0 aliphatic rings. The Labute approximate surface area is 163 Å². The average Bonchev–Trinajstić information content (AvgIpc) is 2.61. The molecule has 0 fully saturated rings. The van der Waals surface area contributed by atoms with E-state index in [0.717, 1.165) is 6.42 Å². The van der Waals surface area contributed by atoms with Crippen molar-refractivity contribution >= 4 is 11.8 Å². The van der Waals surface area contributed by atoms with Crippen LogP contribution in [-0.2, 0) is 19.1 Å². The van der Waals surface area contributed by atoms with E-state index >= 15 is 0 Å². The molecule has 6 heteroatoms. The molecule has 0 aliphatic heterocycles. The molecule has 2 N–H and O–H groups in total. The summed E-state index contributed by atoms with van der Waals surface area (Å²) in [6.45, 7) is 17.8. The van der Waals surface area contributed by atoms with E-state index in [1.165, 1.54) is 0 Å². The summed E-state index contributed by atoms with van der Waals surface area (Å²) < 4.78 is 10.9. The first-order chi connectivity index (χ1) is 12.3. The molecule has 0 aromatic heterocycles. The summed E-state index contributed by atoms with van der Waals surface area (Å²) in [6, 6.07) is 0. The summed E-state index contributed by atoms with van der Waals surface area (Å²) in [5.74, 6) is -0.448. The molecule has 6 nitrogen and oxygen atoms in total. The predicted molar refractivity (Wildman–Crippen MR) is 111 cm³/mol. The van der Waals surface area contributed by atoms with Gasteiger partial charge < -0.3 is 20.1 Å². The van der Waals surface area contributed by atoms with E-state index in [1.54, 1.807) is 0 Å². The molecule has 0 rings (SSSR count). The third-order valence-corrected chi connectivity index (χ3v) is 3.80. The summed E-state index contributed by atoms with van der Waals surface area (Å²) >= 11 is 0. The van der Waals surface area contributed by atoms with Crippen molar-refractivity contribution in [1.82, 2.24) is 10.6 Å². The number of ether oxygens (including phenoxy) is 2. The van der Waals surface area contributed by atoms with Crippen LogP contribution in [0.15, 0.2) is 0 Å². The molecule has 0 radical (unpaired) electrons. The molecule has 0 saturated heterocycles. The first-order valence-corrected chi connectivity index (χ1v) is 10.1. The average molecular weight is 379 g/mol. The zero-order valence-corrected chi connectivity index (χ0v) is 18.2. The van der Waals surface area contributed by atoms with Crippen LogP contribution in [0.1, 0.15) is 71.1 Å². The maximum Gasteiger partial charge on any atom is 0.223 e. The standard InChI is InChI=1S/C18H36N2O4.C2H6.2H2/c1-7-15(6)24-11-8-19-17(21)12-16(13(2)3)18(22)20-9-10-23-14(4)5;1-2;;/h13-16H,7-12H2,1-6H3,(H,19,21)(H,20,22);1-2H3;2*1H. The van der Waals surface area contributed by atoms with E-state index in [0.29, 0.717) is 26.3 Å². The van der Waals surface area contributed by atoms with Gasteiger partial charge in [0.1, 0.15) is 0 Å². The lowest BCUT2D eigenvalue weighted by atomic mass is 9.91. The molecule has 0 aromatic rings. The summed E-state index contributed by atoms with van der Waals surface area (Å²) in [6.07, 6.45) is 1.48. The van der Waals surface area contributed by atoms with Crippen molar-refractivity contribution in [2.24, 2.45) is 11.8 Å². The SMILES string of the molecule is CC.CCC(C)OCCNC(=O)CC(C(=O)NCCOC(C)C)C(C)C.[HH].[HH]. The molecule has 160 valence electrons. The van der Waals surface area contributed by atoms with Gasteiger partial charge in [0.25, 0.3) is 0 Å². The van der Waals surface area contributed by atoms with Gasteiger partial charge in [0.2, 0.25) is 11.8 Å². The van der Waals surface area contributed by atoms with Gasteiger partial charge in [0, 0.05) is 28.3 Å². The highest BCUT2D eigenvalue weighted by molar-refractivity contribution is 5.85. The summed E-state index contributed by atoms with van der Waals surface area (Å²) in [5.41, 5.74) is 0. The Hall–Kier alpha value is -1.14. The van der Waals surface area contributed by atoms with Crippen LogP contribution in [0.2, 0.25) is 0 Å². The van der Waals surface area contributed by atoms with Crippen molar-refractivity contribution in [1.29, 1.82) is 0 Å². The van der Waals surface area contributed by atoms with Crippen molar-refractivity contribution in [2.45, 2.75) is 80.4 Å². The third-order valence-electron chi connectivity index (χ3n) is 3.80. The highest BCUT2D eigenvalue weighted by atomic mass is 16.5. The molecule has 2 unspecified atom stereocenters. The van der Waals surface area contributed by atoms with E-state index in [2.05, 4.69) is 17.6 Å². The summed E-state index contributed by atoms with van der Waals surface area (Å²) in [4.78, 5) is 24.3. The molecule has 0 heterocycles. The summed E-state index contributed by atoms with van der Waals surface area (Å²) in [7, 11) is 0. The molecule has 2 amide bonds. The number of nitrogens with one attached hydrogen (secondary N) is 2. The molecular formula is C20H46N2O4. The minimum Gasteiger partial charge on any atom is -0.377 e. The Morgan fingerprint density at radius 3 is 1.96 bits per heavy atom. The molecular weight excluding hydrogens is 332 g/mol. The maximum atomic E-state index is 12.3. The van der Waals surface area contributed by atoms with Crippen LogP contribution in [-0.4, -0.2) is 50.3 Å². The van der Waals surface area contributed by atoms with Crippen molar-refractivity contribution in [2.75, 3.05) is 26.3 Å². The maximum absolute atomic E-state index is 12.3. The number of carbonyl (C=O) groups excluding carboxylic acids is 2. The lowest BCUT2D eigenvalue weighted by Crippen LogP contribution is -2.39. The number of hydrogen-bond donors (Lipinski definition) is 2. The topological polar surface area (TPSA) is 76.7 Å². The fourth-order valence-corrected chi connectivity index (χ4v) is 2.07. The van der Waals surface area contributed by atoms with E-state index in [1.807, 2.05) is 48.5 Å². The zero-order valence-electron chi connectivity index (χ0n) is 18.2. The van der Waals surface area contributed by atoms with Crippen molar-refractivity contribution in [3.63, 3.8) is 0 Å². The van der Waals surface area contributed by atoms with Crippen molar-refractivity contribution in [3.05, 3.63) is 0 Å². The normalized spacial score (nSPS) is 13.0. The van der Waals surface area contributed by atoms with Gasteiger partial charge >= 0.3 is 0 Å². The molecule has 2 atom stereocenters. The number of amides is 2. The highest BCUT2D eigenvalue weighted by Crippen LogP contribution is 2.15. The van der Waals surface area contributed by atoms with Gasteiger partial charge in [-0.2, -0.15) is 0 Å². The summed E-state index contributed by atoms with van der Waals surface area (Å²) in [5, 5.41) is 5.66. The van der Waals surface area contributed by atoms with Crippen LogP contribution in [0.3, 0.4) is 0 Å². The molecule has 0 saturated carbocycles. The lowest BCUT2D eigenvalue weighted by molar-refractivity contribution is -0.132. The van der Waals surface area contributed by atoms with E-state index in [-0.39, 0.29) is 45.1 Å². The lowest BCUT2D eigenvalue weighted by Gasteiger charge is -2.20. The van der Waals surface area contributed by atoms with Gasteiger partial charge in [-0.05, 0) is 33.1 Å². The Morgan fingerprint density at radius 2 is 1.46 bits per heavy atom. The van der Waals surface area contributed by atoms with Gasteiger partial charge in [-0.15, -0.1) is 0 Å². The number of rotatable bonds is 13. The smallest absolute Gasteiger partial charge is 0.223 e. The minimum atomic E-state index is -0.334. The second-order valence-electron chi connectivity index (χ2n) is 6.70. The first-order valence-electron chi connectivity index (χ1n) is 10.1. The Kier molecular flexibility index (Phi) is 18.0. The van der Waals surface area contributed by atoms with Crippen LogP contribution in [0, 0.1) is 11.8 Å². The Balaban J connectivity index is -0.000000695. The molecule has 0 aromatic carbocycles. The monoisotopic (exact) mass is 378 g/mol. The van der Waals surface area contributed by atoms with E-state index in [4.69, 9.17) is 9.47 Å². The van der Waals surface area contributed by atoms with E-state index in [9.17, 15) is 9.59 Å². The van der Waals surface area contributed by atoms with Crippen LogP contribution in [0.4, 0.5) is 0 Å². The van der Waals surface area contributed by atoms with Crippen LogP contribution in [0.25, 0.3) is 0 Å². The first kappa shape index (κ1) is 27.1. The van der Waals surface area contributed by atoms with Crippen LogP contribution < -0.4 is 10.6 Å². The highest BCUT2D eigenvalue weighted by Gasteiger charge is 2.24. The molecule has 0 aliphatic carbocycles. The van der Waals surface area contributed by atoms with E-state index < -0.39 is 0 Å². The largest absolute Gasteiger partial charge is 0.377 e. The van der Waals surface area contributed by atoms with Crippen LogP contribution >= 0.6 is 0 Å². The molecule has 26 heavy (non-hydrogen) atoms. The number of hydrogen-bond acceptors (Lipinski definition) is 4. The minimum absolute atomic E-state index is 0. The van der Waals surface area contributed by atoms with Gasteiger partial charge in [-0.3, -0.25) is 9.59 Å². The van der Waals surface area contributed by atoms with Gasteiger partial charge in [0.15, 0.2) is 0 Å². The quantitative estimate of drug-likeness (QED) is 0.480. The second kappa shape index (κ2) is 17.3. The zero-order chi connectivity index (χ0) is 20.5. The molecule has 0 spiro atoms. The van der Waals surface area contributed by atoms with Crippen LogP contribution in [0.5, 0.6) is 0 Å².